The van der Waals surface area contributed by atoms with E-state index in [9.17, 15) is 4.79 Å². The molecule has 0 saturated carbocycles. The van der Waals surface area contributed by atoms with Gasteiger partial charge in [0, 0.05) is 11.0 Å². The number of nitrogens with one attached hydrogen (secondary N) is 1. The van der Waals surface area contributed by atoms with Crippen LogP contribution in [0.15, 0.2) is 22.4 Å². The van der Waals surface area contributed by atoms with Gasteiger partial charge in [0.25, 0.3) is 0 Å². The maximum atomic E-state index is 10.8. The van der Waals surface area contributed by atoms with Crippen LogP contribution < -0.4 is 5.32 Å². The highest BCUT2D eigenvalue weighted by molar-refractivity contribution is 8.03. The quantitative estimate of drug-likeness (QED) is 0.535. The second-order valence-corrected chi connectivity index (χ2v) is 3.08. The number of fused-ring (bicyclic) bond motifs is 1. The van der Waals surface area contributed by atoms with Crippen LogP contribution in [-0.2, 0) is 4.79 Å². The molecule has 0 atom stereocenters. The molecule has 52 valence electrons. The number of carbonyl (C=O) groups excluding carboxylic acids is 1. The van der Waals surface area contributed by atoms with Gasteiger partial charge < -0.3 is 10.4 Å². The first kappa shape index (κ1) is 5.85. The van der Waals surface area contributed by atoms with Crippen LogP contribution in [0.5, 0.6) is 0 Å². The smallest absolute Gasteiger partial charge is 0.223 e. The highest BCUT2D eigenvalue weighted by atomic mass is 32.2. The van der Waals surface area contributed by atoms with Crippen LogP contribution >= 0.6 is 11.8 Å². The molecule has 4 heteroatoms. The van der Waals surface area contributed by atoms with E-state index in [0.29, 0.717) is 5.70 Å². The normalized spacial score (nSPS) is 22.8. The molecular formula is C6H5NO2S. The summed E-state index contributed by atoms with van der Waals surface area (Å²) < 4.78 is 0. The molecule has 1 heterocycles. The summed E-state index contributed by atoms with van der Waals surface area (Å²) >= 11 is 1.53. The fourth-order valence-electron chi connectivity index (χ4n) is 0.970. The van der Waals surface area contributed by atoms with Crippen molar-refractivity contribution in [1.29, 1.82) is 0 Å². The van der Waals surface area contributed by atoms with Crippen LogP contribution in [0.2, 0.25) is 0 Å². The standard InChI is InChI=1S/C6H5NO2S/c8-3-1-4-5(6(3)9)7-2-10-4/h1,7H,2H2,(H,8,9). The van der Waals surface area contributed by atoms with Crippen molar-refractivity contribution in [2.45, 2.75) is 0 Å². The Morgan fingerprint density at radius 3 is 3.20 bits per heavy atom. The van der Waals surface area contributed by atoms with E-state index in [4.69, 9.17) is 5.11 Å². The third-order valence-corrected chi connectivity index (χ3v) is 2.38. The second-order valence-electron chi connectivity index (χ2n) is 2.06. The average molecular weight is 155 g/mol. The molecule has 3 nitrogen and oxygen atoms in total. The van der Waals surface area contributed by atoms with Crippen LogP contribution in [0.3, 0.4) is 0 Å². The summed E-state index contributed by atoms with van der Waals surface area (Å²) in [5.74, 6) is 0.322. The molecule has 1 aliphatic heterocycles. The number of aliphatic hydroxyl groups excluding tert-OH is 1. The molecule has 10 heavy (non-hydrogen) atoms. The lowest BCUT2D eigenvalue weighted by atomic mass is 10.4. The van der Waals surface area contributed by atoms with Crippen molar-refractivity contribution in [3.8, 4) is 0 Å². The monoisotopic (exact) mass is 155 g/mol. The Kier molecular flexibility index (Phi) is 1.05. The Bertz CT molecular complexity index is 267. The molecule has 2 N–H and O–H groups in total. The number of rotatable bonds is 0. The molecule has 0 unspecified atom stereocenters. The van der Waals surface area contributed by atoms with E-state index in [0.717, 1.165) is 10.8 Å². The lowest BCUT2D eigenvalue weighted by molar-refractivity contribution is -0.113. The fraction of sp³-hybridized carbons (Fsp3) is 0.167. The van der Waals surface area contributed by atoms with E-state index in [1.807, 2.05) is 0 Å². The van der Waals surface area contributed by atoms with Crippen LogP contribution in [-0.4, -0.2) is 16.8 Å². The summed E-state index contributed by atoms with van der Waals surface area (Å²) in [6.45, 7) is 0. The second kappa shape index (κ2) is 1.79. The summed E-state index contributed by atoms with van der Waals surface area (Å²) in [7, 11) is 0. The van der Waals surface area contributed by atoms with Gasteiger partial charge in [0.1, 0.15) is 0 Å². The molecule has 0 amide bonds. The first-order chi connectivity index (χ1) is 4.79. The van der Waals surface area contributed by atoms with Crippen LogP contribution in [0.25, 0.3) is 0 Å². The van der Waals surface area contributed by atoms with Crippen LogP contribution in [0.1, 0.15) is 0 Å². The maximum absolute atomic E-state index is 10.8. The zero-order valence-corrected chi connectivity index (χ0v) is 5.86. The predicted molar refractivity (Wildman–Crippen MR) is 38.3 cm³/mol. The number of carbonyl (C=O) groups is 1. The minimum atomic E-state index is -0.287. The van der Waals surface area contributed by atoms with Gasteiger partial charge in [-0.15, -0.1) is 11.8 Å². The Morgan fingerprint density at radius 1 is 1.70 bits per heavy atom. The van der Waals surface area contributed by atoms with Crippen LogP contribution in [0, 0.1) is 0 Å². The molecule has 0 aromatic carbocycles. The third kappa shape index (κ3) is 0.593. The van der Waals surface area contributed by atoms with E-state index >= 15 is 0 Å². The lowest BCUT2D eigenvalue weighted by Crippen LogP contribution is -2.07. The first-order valence-corrected chi connectivity index (χ1v) is 3.84. The summed E-state index contributed by atoms with van der Waals surface area (Å²) in [5.41, 5.74) is 0.606. The Labute approximate surface area is 61.8 Å². The summed E-state index contributed by atoms with van der Waals surface area (Å²) in [6, 6.07) is 0. The molecule has 0 aromatic heterocycles. The van der Waals surface area contributed by atoms with Gasteiger partial charge in [0.2, 0.25) is 5.78 Å². The predicted octanol–water partition coefficient (Wildman–Crippen LogP) is 0.516. The molecule has 1 aliphatic carbocycles. The number of hydrogen-bond acceptors (Lipinski definition) is 4. The zero-order valence-electron chi connectivity index (χ0n) is 5.05. The van der Waals surface area contributed by atoms with E-state index in [1.54, 1.807) is 0 Å². The molecule has 0 aromatic rings. The van der Waals surface area contributed by atoms with E-state index in [1.165, 1.54) is 17.8 Å². The highest BCUT2D eigenvalue weighted by Gasteiger charge is 2.27. The SMILES string of the molecule is O=C1C=C2SCNC2=C1O. The molecule has 1 fully saturated rings. The Hall–Kier alpha value is -0.900. The van der Waals surface area contributed by atoms with E-state index in [-0.39, 0.29) is 11.5 Å². The first-order valence-electron chi connectivity index (χ1n) is 2.85. The number of thioether (sulfide) groups is 1. The van der Waals surface area contributed by atoms with Gasteiger partial charge in [0.15, 0.2) is 5.76 Å². The molecule has 2 rings (SSSR count). The number of hydrogen-bond donors (Lipinski definition) is 2. The maximum Gasteiger partial charge on any atom is 0.223 e. The van der Waals surface area contributed by atoms with Gasteiger partial charge in [-0.2, -0.15) is 0 Å². The zero-order chi connectivity index (χ0) is 7.14. The minimum absolute atomic E-state index is 0.139. The highest BCUT2D eigenvalue weighted by Crippen LogP contribution is 2.34. The average Bonchev–Trinajstić information content (AvgIpc) is 2.41. The van der Waals surface area contributed by atoms with Gasteiger partial charge in [0.05, 0.1) is 11.6 Å². The molecule has 0 bridgehead atoms. The number of allylic oxidation sites excluding steroid dienone is 1. The summed E-state index contributed by atoms with van der Waals surface area (Å²) in [5, 5.41) is 12.0. The van der Waals surface area contributed by atoms with Crippen molar-refractivity contribution in [2.24, 2.45) is 0 Å². The van der Waals surface area contributed by atoms with Gasteiger partial charge in [-0.1, -0.05) is 0 Å². The minimum Gasteiger partial charge on any atom is -0.503 e. The van der Waals surface area contributed by atoms with E-state index in [2.05, 4.69) is 5.32 Å². The van der Waals surface area contributed by atoms with Crippen molar-refractivity contribution in [2.75, 3.05) is 5.88 Å². The van der Waals surface area contributed by atoms with Crippen molar-refractivity contribution >= 4 is 17.5 Å². The number of aliphatic hydroxyl groups is 1. The van der Waals surface area contributed by atoms with E-state index < -0.39 is 0 Å². The number of ketones is 1. The van der Waals surface area contributed by atoms with Crippen molar-refractivity contribution in [1.82, 2.24) is 5.32 Å². The molecule has 0 radical (unpaired) electrons. The topological polar surface area (TPSA) is 49.3 Å². The molecular weight excluding hydrogens is 150 g/mol. The van der Waals surface area contributed by atoms with Gasteiger partial charge in [-0.3, -0.25) is 4.79 Å². The largest absolute Gasteiger partial charge is 0.503 e. The Morgan fingerprint density at radius 2 is 2.50 bits per heavy atom. The third-order valence-electron chi connectivity index (χ3n) is 1.46. The van der Waals surface area contributed by atoms with Crippen LogP contribution in [0.4, 0.5) is 0 Å². The van der Waals surface area contributed by atoms with Gasteiger partial charge >= 0.3 is 0 Å². The summed E-state index contributed by atoms with van der Waals surface area (Å²) in [4.78, 5) is 11.6. The van der Waals surface area contributed by atoms with Gasteiger partial charge in [-0.25, -0.2) is 0 Å². The summed E-state index contributed by atoms with van der Waals surface area (Å²) in [6.07, 6.45) is 1.45. The molecule has 0 spiro atoms. The van der Waals surface area contributed by atoms with Crippen molar-refractivity contribution in [3.05, 3.63) is 22.4 Å². The lowest BCUT2D eigenvalue weighted by Gasteiger charge is -1.93. The van der Waals surface area contributed by atoms with Crippen molar-refractivity contribution < 1.29 is 9.90 Å². The van der Waals surface area contributed by atoms with Gasteiger partial charge in [-0.05, 0) is 0 Å². The molecule has 1 saturated heterocycles. The fourth-order valence-corrected chi connectivity index (χ4v) is 1.85. The Balaban J connectivity index is 2.50. The van der Waals surface area contributed by atoms with Crippen molar-refractivity contribution in [3.63, 3.8) is 0 Å². The molecule has 2 aliphatic rings.